The van der Waals surface area contributed by atoms with E-state index >= 15 is 0 Å². The lowest BCUT2D eigenvalue weighted by Gasteiger charge is -2.00. The van der Waals surface area contributed by atoms with Gasteiger partial charge in [0.15, 0.2) is 5.16 Å². The number of nitrogens with zero attached hydrogens (tertiary/aromatic N) is 4. The van der Waals surface area contributed by atoms with Crippen LogP contribution in [0.4, 0.5) is 0 Å². The van der Waals surface area contributed by atoms with Crippen LogP contribution in [-0.2, 0) is 13.7 Å². The van der Waals surface area contributed by atoms with Gasteiger partial charge in [-0.05, 0) is 23.9 Å². The maximum Gasteiger partial charge on any atom is 0.343 e. The second-order valence-corrected chi connectivity index (χ2v) is 4.88. The molecule has 7 nitrogen and oxygen atoms in total. The Labute approximate surface area is 111 Å². The number of pyridine rings is 1. The molecule has 3 aromatic rings. The Hall–Kier alpha value is -2.06. The minimum Gasteiger partial charge on any atom is -0.390 e. The van der Waals surface area contributed by atoms with Gasteiger partial charge in [0.1, 0.15) is 10.7 Å². The summed E-state index contributed by atoms with van der Waals surface area (Å²) in [6.45, 7) is -0.133. The van der Waals surface area contributed by atoms with E-state index in [1.165, 1.54) is 16.3 Å². The number of aliphatic hydroxyl groups excluding tert-OH is 1. The van der Waals surface area contributed by atoms with Crippen molar-refractivity contribution in [1.82, 2.24) is 24.1 Å². The molecule has 0 spiro atoms. The van der Waals surface area contributed by atoms with Crippen LogP contribution in [0.5, 0.6) is 0 Å². The summed E-state index contributed by atoms with van der Waals surface area (Å²) in [6, 6.07) is 5.60. The van der Waals surface area contributed by atoms with Crippen LogP contribution in [0.3, 0.4) is 0 Å². The lowest BCUT2D eigenvalue weighted by atomic mass is 10.4. The summed E-state index contributed by atoms with van der Waals surface area (Å²) in [7, 11) is 1.63. The number of fused-ring (bicyclic) bond motifs is 1. The molecule has 0 saturated carbocycles. The van der Waals surface area contributed by atoms with Crippen LogP contribution in [0.15, 0.2) is 39.4 Å². The van der Waals surface area contributed by atoms with Crippen molar-refractivity contribution >= 4 is 17.4 Å². The zero-order valence-corrected chi connectivity index (χ0v) is 10.9. The smallest absolute Gasteiger partial charge is 0.343 e. The van der Waals surface area contributed by atoms with Crippen molar-refractivity contribution in [1.29, 1.82) is 0 Å². The zero-order valence-electron chi connectivity index (χ0n) is 10.1. The van der Waals surface area contributed by atoms with Crippen LogP contribution in [0.25, 0.3) is 5.65 Å². The number of imidazole rings is 1. The van der Waals surface area contributed by atoms with E-state index in [-0.39, 0.29) is 12.3 Å². The van der Waals surface area contributed by atoms with Gasteiger partial charge < -0.3 is 9.51 Å². The number of nitrogens with one attached hydrogen (secondary N) is 1. The number of aromatic amines is 1. The van der Waals surface area contributed by atoms with Crippen LogP contribution in [0.2, 0.25) is 0 Å². The fourth-order valence-corrected chi connectivity index (χ4v) is 2.66. The van der Waals surface area contributed by atoms with Gasteiger partial charge in [0.25, 0.3) is 0 Å². The molecule has 0 saturated heterocycles. The highest BCUT2D eigenvalue weighted by molar-refractivity contribution is 7.99. The van der Waals surface area contributed by atoms with Crippen LogP contribution >= 0.6 is 11.8 Å². The van der Waals surface area contributed by atoms with Gasteiger partial charge >= 0.3 is 5.69 Å². The quantitative estimate of drug-likeness (QED) is 0.723. The number of H-pyrrole nitrogens is 1. The highest BCUT2D eigenvalue weighted by atomic mass is 32.2. The topological polar surface area (TPSA) is 88.2 Å². The Morgan fingerprint density at radius 2 is 2.32 bits per heavy atom. The third kappa shape index (κ3) is 1.94. The molecule has 3 heterocycles. The van der Waals surface area contributed by atoms with Crippen LogP contribution in [0, 0.1) is 0 Å². The lowest BCUT2D eigenvalue weighted by molar-refractivity contribution is 0.272. The molecule has 0 atom stereocenters. The van der Waals surface area contributed by atoms with Crippen molar-refractivity contribution in [3.8, 4) is 0 Å². The largest absolute Gasteiger partial charge is 0.390 e. The zero-order chi connectivity index (χ0) is 13.4. The van der Waals surface area contributed by atoms with E-state index in [4.69, 9.17) is 0 Å². The van der Waals surface area contributed by atoms with Crippen molar-refractivity contribution in [2.75, 3.05) is 0 Å². The third-order valence-electron chi connectivity index (χ3n) is 2.77. The molecule has 3 aromatic heterocycles. The Bertz CT molecular complexity index is 788. The molecule has 0 unspecified atom stereocenters. The molecule has 8 heteroatoms. The minimum absolute atomic E-state index is 0.133. The molecule has 0 aliphatic carbocycles. The molecule has 2 N–H and O–H groups in total. The predicted molar refractivity (Wildman–Crippen MR) is 69.1 cm³/mol. The van der Waals surface area contributed by atoms with Crippen LogP contribution in [0.1, 0.15) is 5.69 Å². The predicted octanol–water partition coefficient (Wildman–Crippen LogP) is 0.400. The first-order valence-electron chi connectivity index (χ1n) is 5.57. The maximum absolute atomic E-state index is 11.3. The average molecular weight is 277 g/mol. The Morgan fingerprint density at radius 3 is 3.00 bits per heavy atom. The summed E-state index contributed by atoms with van der Waals surface area (Å²) in [5.74, 6) is 0. The van der Waals surface area contributed by atoms with Crippen molar-refractivity contribution in [2.45, 2.75) is 16.8 Å². The third-order valence-corrected chi connectivity index (χ3v) is 3.84. The summed E-state index contributed by atoms with van der Waals surface area (Å²) in [4.78, 5) is 15.7. The first-order valence-corrected chi connectivity index (χ1v) is 6.38. The van der Waals surface area contributed by atoms with Crippen molar-refractivity contribution in [3.63, 3.8) is 0 Å². The van der Waals surface area contributed by atoms with E-state index in [9.17, 15) is 9.90 Å². The van der Waals surface area contributed by atoms with Crippen LogP contribution < -0.4 is 5.69 Å². The van der Waals surface area contributed by atoms with Gasteiger partial charge in [-0.15, -0.1) is 5.10 Å². The number of aromatic nitrogens is 5. The fourth-order valence-electron chi connectivity index (χ4n) is 1.76. The minimum atomic E-state index is -0.281. The van der Waals surface area contributed by atoms with Gasteiger partial charge in [0.2, 0.25) is 0 Å². The molecule has 0 aromatic carbocycles. The molecular weight excluding hydrogens is 266 g/mol. The van der Waals surface area contributed by atoms with Gasteiger partial charge in [-0.1, -0.05) is 6.07 Å². The summed E-state index contributed by atoms with van der Waals surface area (Å²) in [5.41, 5.74) is 1.14. The Kier molecular flexibility index (Phi) is 2.88. The number of hydrogen-bond acceptors (Lipinski definition) is 5. The highest BCUT2D eigenvalue weighted by Gasteiger charge is 2.15. The first-order chi connectivity index (χ1) is 9.20. The van der Waals surface area contributed by atoms with Gasteiger partial charge in [0, 0.05) is 13.2 Å². The van der Waals surface area contributed by atoms with E-state index in [1.54, 1.807) is 7.05 Å². The van der Waals surface area contributed by atoms with Gasteiger partial charge in [0.05, 0.1) is 12.3 Å². The molecule has 19 heavy (non-hydrogen) atoms. The number of aliphatic hydroxyl groups is 1. The Morgan fingerprint density at radius 1 is 1.47 bits per heavy atom. The van der Waals surface area contributed by atoms with E-state index in [1.807, 2.05) is 28.8 Å². The molecule has 0 amide bonds. The van der Waals surface area contributed by atoms with E-state index in [0.29, 0.717) is 15.9 Å². The standard InChI is InChI=1S/C11H11N5O2S/c1-15-10(18)13-14-11(15)19-9-7(6-17)16-5-3-2-4-8(16)12-9/h2-5,17H,6H2,1H3,(H,13,18). The van der Waals surface area contributed by atoms with Crippen LogP contribution in [-0.4, -0.2) is 29.3 Å². The number of hydrogen-bond donors (Lipinski definition) is 2. The monoisotopic (exact) mass is 277 g/mol. The maximum atomic E-state index is 11.3. The van der Waals surface area contributed by atoms with E-state index in [2.05, 4.69) is 15.2 Å². The van der Waals surface area contributed by atoms with E-state index in [0.717, 1.165) is 5.65 Å². The Balaban J connectivity index is 2.10. The SMILES string of the molecule is Cn1c(Sc2nc3ccccn3c2CO)n[nH]c1=O. The van der Waals surface area contributed by atoms with Gasteiger partial charge in [-0.3, -0.25) is 4.57 Å². The lowest BCUT2D eigenvalue weighted by Crippen LogP contribution is -2.12. The first kappa shape index (κ1) is 12.0. The molecule has 0 fully saturated rings. The fraction of sp³-hybridized carbons (Fsp3) is 0.182. The second-order valence-electron chi connectivity index (χ2n) is 3.92. The summed E-state index contributed by atoms with van der Waals surface area (Å²) in [5, 5.41) is 16.9. The van der Waals surface area contributed by atoms with E-state index < -0.39 is 0 Å². The molecular formula is C11H11N5O2S. The highest BCUT2D eigenvalue weighted by Crippen LogP contribution is 2.28. The molecule has 0 aliphatic rings. The molecule has 98 valence electrons. The average Bonchev–Trinajstić information content (AvgIpc) is 2.93. The summed E-state index contributed by atoms with van der Waals surface area (Å²) < 4.78 is 3.21. The molecule has 0 bridgehead atoms. The van der Waals surface area contributed by atoms with Crippen molar-refractivity contribution < 1.29 is 5.11 Å². The summed E-state index contributed by atoms with van der Waals surface area (Å²) in [6.07, 6.45) is 1.83. The molecule has 0 aliphatic heterocycles. The molecule has 0 radical (unpaired) electrons. The number of rotatable bonds is 3. The normalized spacial score (nSPS) is 11.3. The molecule has 3 rings (SSSR count). The van der Waals surface area contributed by atoms with Gasteiger partial charge in [-0.25, -0.2) is 14.9 Å². The van der Waals surface area contributed by atoms with Gasteiger partial charge in [-0.2, -0.15) is 0 Å². The van der Waals surface area contributed by atoms with Crippen molar-refractivity contribution in [3.05, 3.63) is 40.6 Å². The summed E-state index contributed by atoms with van der Waals surface area (Å²) >= 11 is 1.24. The second kappa shape index (κ2) is 4.56. The van der Waals surface area contributed by atoms with Crippen molar-refractivity contribution in [2.24, 2.45) is 7.05 Å².